The summed E-state index contributed by atoms with van der Waals surface area (Å²) in [6.45, 7) is 2.83. The number of carboxylic acid groups (broad SMARTS) is 1. The molecule has 3 nitrogen and oxygen atoms in total. The van der Waals surface area contributed by atoms with Crippen molar-refractivity contribution >= 4 is 17.6 Å². The Hall–Kier alpha value is -0.220. The smallest absolute Gasteiger partial charge is 0.872 e. The van der Waals surface area contributed by atoms with Gasteiger partial charge in [0.2, 0.25) is 0 Å². The van der Waals surface area contributed by atoms with Crippen LogP contribution in [0.3, 0.4) is 0 Å². The Bertz CT molecular complexity index is 298. The normalized spacial score (nSPS) is 7.93. The minimum absolute atomic E-state index is 0. The van der Waals surface area contributed by atoms with Crippen LogP contribution in [0.4, 0.5) is 0 Å². The van der Waals surface area contributed by atoms with Crippen LogP contribution < -0.4 is 34.7 Å². The third kappa shape index (κ3) is 8.38. The molecule has 0 heterocycles. The van der Waals surface area contributed by atoms with Crippen molar-refractivity contribution in [1.82, 2.24) is 0 Å². The van der Waals surface area contributed by atoms with Gasteiger partial charge in [0.15, 0.2) is 0 Å². The molecule has 0 bridgehead atoms. The number of halogens is 1. The molecule has 0 aliphatic heterocycles. The van der Waals surface area contributed by atoms with Gasteiger partial charge in [0.05, 0.1) is 0 Å². The quantitative estimate of drug-likeness (QED) is 0.564. The van der Waals surface area contributed by atoms with Gasteiger partial charge in [0.25, 0.3) is 5.97 Å². The second-order valence-corrected chi connectivity index (χ2v) is 2.87. The van der Waals surface area contributed by atoms with E-state index in [2.05, 4.69) is 0 Å². The number of benzene rings is 1. The Labute approximate surface area is 110 Å². The molecule has 0 atom stereocenters. The van der Waals surface area contributed by atoms with Crippen LogP contribution in [-0.4, -0.2) is 11.1 Å². The van der Waals surface area contributed by atoms with Gasteiger partial charge in [-0.3, -0.25) is 4.79 Å². The van der Waals surface area contributed by atoms with Crippen LogP contribution in [-0.2, 0) is 4.79 Å². The zero-order chi connectivity index (χ0) is 10.4. The molecule has 14 heavy (non-hydrogen) atoms. The van der Waals surface area contributed by atoms with Crippen molar-refractivity contribution in [1.29, 1.82) is 0 Å². The number of carbonyl (C=O) groups is 1. The Morgan fingerprint density at radius 2 is 1.93 bits per heavy atom. The molecule has 0 aromatic heterocycles. The first kappa shape index (κ1) is 16.2. The Kier molecular flexibility index (Phi) is 9.41. The summed E-state index contributed by atoms with van der Waals surface area (Å²) >= 11 is 5.58. The van der Waals surface area contributed by atoms with Gasteiger partial charge in [0, 0.05) is 11.9 Å². The molecule has 0 amide bonds. The van der Waals surface area contributed by atoms with Crippen LogP contribution in [0.25, 0.3) is 0 Å². The minimum atomic E-state index is -0.833. The summed E-state index contributed by atoms with van der Waals surface area (Å²) in [5, 5.41) is 18.7. The molecule has 0 aliphatic carbocycles. The third-order valence-electron chi connectivity index (χ3n) is 1.14. The van der Waals surface area contributed by atoms with Crippen molar-refractivity contribution < 1.29 is 44.6 Å². The summed E-state index contributed by atoms with van der Waals surface area (Å²) < 4.78 is 0. The molecule has 1 N–H and O–H groups in total. The van der Waals surface area contributed by atoms with Gasteiger partial charge >= 0.3 is 29.6 Å². The number of carboxylic acids is 1. The Balaban J connectivity index is 0. The molecule has 0 spiro atoms. The van der Waals surface area contributed by atoms with Gasteiger partial charge in [-0.25, -0.2) is 0 Å². The van der Waals surface area contributed by atoms with Crippen molar-refractivity contribution in [2.24, 2.45) is 0 Å². The van der Waals surface area contributed by atoms with Gasteiger partial charge in [-0.05, 0) is 19.1 Å². The summed E-state index contributed by atoms with van der Waals surface area (Å²) in [7, 11) is 0. The maximum absolute atomic E-state index is 10.7. The molecule has 0 radical (unpaired) electrons. The van der Waals surface area contributed by atoms with E-state index in [-0.39, 0.29) is 35.3 Å². The molecule has 1 rings (SSSR count). The molecule has 72 valence electrons. The van der Waals surface area contributed by atoms with E-state index in [0.717, 1.165) is 6.92 Å². The number of aryl methyl sites for hydroxylation is 1. The van der Waals surface area contributed by atoms with Crippen LogP contribution in [0.2, 0.25) is 5.02 Å². The fourth-order valence-electron chi connectivity index (χ4n) is 0.613. The predicted octanol–water partition coefficient (Wildman–Crippen LogP) is -1.18. The van der Waals surface area contributed by atoms with Crippen LogP contribution in [0, 0.1) is 6.92 Å². The predicted molar refractivity (Wildman–Crippen MR) is 48.9 cm³/mol. The molecular weight excluding hydrogens is 215 g/mol. The Morgan fingerprint density at radius 3 is 2.21 bits per heavy atom. The van der Waals surface area contributed by atoms with Crippen LogP contribution in [0.15, 0.2) is 18.2 Å². The maximum Gasteiger partial charge on any atom is 1.00 e. The molecule has 5 heteroatoms. The fourth-order valence-corrected chi connectivity index (χ4v) is 0.839. The van der Waals surface area contributed by atoms with Crippen molar-refractivity contribution in [3.05, 3.63) is 28.8 Å². The third-order valence-corrected chi connectivity index (χ3v) is 1.37. The molecule has 0 aliphatic rings. The van der Waals surface area contributed by atoms with Gasteiger partial charge in [-0.2, -0.15) is 0 Å². The summed E-state index contributed by atoms with van der Waals surface area (Å²) in [6, 6.07) is 4.72. The van der Waals surface area contributed by atoms with E-state index in [1.807, 2.05) is 0 Å². The number of hydrogen-bond donors (Lipinski definition) is 1. The molecule has 0 saturated carbocycles. The van der Waals surface area contributed by atoms with E-state index in [1.165, 1.54) is 6.07 Å². The van der Waals surface area contributed by atoms with Crippen molar-refractivity contribution in [3.63, 3.8) is 0 Å². The van der Waals surface area contributed by atoms with Crippen molar-refractivity contribution in [3.8, 4) is 5.75 Å². The van der Waals surface area contributed by atoms with Crippen molar-refractivity contribution in [2.45, 2.75) is 13.8 Å². The monoisotopic (exact) mass is 224 g/mol. The van der Waals surface area contributed by atoms with Crippen molar-refractivity contribution in [2.75, 3.05) is 0 Å². The second kappa shape index (κ2) is 8.12. The van der Waals surface area contributed by atoms with E-state index >= 15 is 0 Å². The maximum atomic E-state index is 10.7. The van der Waals surface area contributed by atoms with E-state index in [1.54, 1.807) is 19.1 Å². The fraction of sp³-hybridized carbons (Fsp3) is 0.222. The number of aliphatic carboxylic acids is 1. The van der Waals surface area contributed by atoms with E-state index in [4.69, 9.17) is 21.5 Å². The van der Waals surface area contributed by atoms with Crippen LogP contribution in [0.5, 0.6) is 5.75 Å². The van der Waals surface area contributed by atoms with E-state index in [0.29, 0.717) is 10.6 Å². The average molecular weight is 225 g/mol. The largest absolute Gasteiger partial charge is 1.00 e. The first-order valence-corrected chi connectivity index (χ1v) is 3.94. The Morgan fingerprint density at radius 1 is 1.50 bits per heavy atom. The first-order chi connectivity index (χ1) is 5.93. The molecule has 1 aromatic rings. The van der Waals surface area contributed by atoms with Gasteiger partial charge in [-0.1, -0.05) is 23.2 Å². The summed E-state index contributed by atoms with van der Waals surface area (Å²) in [4.78, 5) is 9.00. The van der Waals surface area contributed by atoms with E-state index in [9.17, 15) is 5.11 Å². The van der Waals surface area contributed by atoms with Gasteiger partial charge < -0.3 is 10.2 Å². The molecule has 0 unspecified atom stereocenters. The van der Waals surface area contributed by atoms with Crippen LogP contribution in [0.1, 0.15) is 12.5 Å². The second-order valence-electron chi connectivity index (χ2n) is 2.43. The SMILES string of the molecule is CC(=O)O.Cc1cc(Cl)ccc1[O-].[Na+]. The summed E-state index contributed by atoms with van der Waals surface area (Å²) in [5.74, 6) is -0.792. The average Bonchev–Trinajstić information content (AvgIpc) is 1.96. The zero-order valence-electron chi connectivity index (χ0n) is 8.37. The molecular formula is C9H10ClNaO3. The standard InChI is InChI=1S/C7H7ClO.C2H4O2.Na/c1-5-4-6(8)2-3-7(5)9;1-2(3)4;/h2-4,9H,1H3;1H3,(H,3,4);/q;;+1/p-1. The molecule has 1 aromatic carbocycles. The molecule has 0 fully saturated rings. The summed E-state index contributed by atoms with van der Waals surface area (Å²) in [5.41, 5.74) is 0.697. The molecule has 0 saturated heterocycles. The number of hydrogen-bond acceptors (Lipinski definition) is 2. The topological polar surface area (TPSA) is 60.4 Å². The van der Waals surface area contributed by atoms with Gasteiger partial charge in [-0.15, -0.1) is 5.75 Å². The summed E-state index contributed by atoms with van der Waals surface area (Å²) in [6.07, 6.45) is 0. The van der Waals surface area contributed by atoms with E-state index < -0.39 is 5.97 Å². The van der Waals surface area contributed by atoms with Gasteiger partial charge in [0.1, 0.15) is 0 Å². The van der Waals surface area contributed by atoms with Crippen LogP contribution >= 0.6 is 11.6 Å². The first-order valence-electron chi connectivity index (χ1n) is 3.56. The minimum Gasteiger partial charge on any atom is -0.872 e. The zero-order valence-corrected chi connectivity index (χ0v) is 11.1. The number of rotatable bonds is 0.